The van der Waals surface area contributed by atoms with Crippen molar-refractivity contribution in [1.29, 1.82) is 0 Å². The third-order valence-corrected chi connectivity index (χ3v) is 5.10. The number of hydrogen-bond donors (Lipinski definition) is 1. The molecule has 1 N–H and O–H groups in total. The molecule has 3 aromatic heterocycles. The van der Waals surface area contributed by atoms with E-state index < -0.39 is 5.91 Å². The number of hydrogen-bond acceptors (Lipinski definition) is 7. The zero-order valence-electron chi connectivity index (χ0n) is 16.8. The van der Waals surface area contributed by atoms with Crippen LogP contribution in [0, 0.1) is 0 Å². The lowest BCUT2D eigenvalue weighted by atomic mass is 10.1. The van der Waals surface area contributed by atoms with Gasteiger partial charge in [-0.3, -0.25) is 24.3 Å². The third-order valence-electron chi connectivity index (χ3n) is 5.10. The second-order valence-corrected chi connectivity index (χ2v) is 7.25. The van der Waals surface area contributed by atoms with Crippen LogP contribution in [0.2, 0.25) is 0 Å². The molecule has 1 aliphatic heterocycles. The van der Waals surface area contributed by atoms with Crippen LogP contribution in [0.4, 0.5) is 5.69 Å². The lowest BCUT2D eigenvalue weighted by Crippen LogP contribution is -2.36. The molecule has 1 aromatic carbocycles. The summed E-state index contributed by atoms with van der Waals surface area (Å²) >= 11 is 0. The lowest BCUT2D eigenvalue weighted by molar-refractivity contribution is -0.141. The molecule has 0 saturated carbocycles. The minimum atomic E-state index is -0.425. The molecule has 4 aromatic rings. The summed E-state index contributed by atoms with van der Waals surface area (Å²) in [6, 6.07) is 14.5. The molecule has 5 rings (SSSR count). The van der Waals surface area contributed by atoms with Crippen molar-refractivity contribution in [3.8, 4) is 22.6 Å². The minimum Gasteiger partial charge on any atom is -0.325 e. The van der Waals surface area contributed by atoms with Crippen molar-refractivity contribution in [2.45, 2.75) is 12.8 Å². The van der Waals surface area contributed by atoms with Crippen molar-refractivity contribution >= 4 is 29.1 Å². The van der Waals surface area contributed by atoms with E-state index in [4.69, 9.17) is 0 Å². The molecule has 1 saturated heterocycles. The number of nitrogens with zero attached hydrogens (tertiary/aromatic N) is 6. The van der Waals surface area contributed by atoms with Crippen LogP contribution >= 0.6 is 0 Å². The fraction of sp³-hybridized carbons (Fsp3) is 0.136. The fourth-order valence-corrected chi connectivity index (χ4v) is 3.49. The highest BCUT2D eigenvalue weighted by Gasteiger charge is 2.30. The summed E-state index contributed by atoms with van der Waals surface area (Å²) in [5, 5.41) is 15.7. The van der Waals surface area contributed by atoms with Gasteiger partial charge in [-0.2, -0.15) is 9.61 Å². The van der Waals surface area contributed by atoms with Crippen LogP contribution in [0.1, 0.15) is 12.8 Å². The Morgan fingerprint density at radius 3 is 2.44 bits per heavy atom. The Hall–Kier alpha value is -4.47. The van der Waals surface area contributed by atoms with Gasteiger partial charge in [-0.05, 0) is 36.4 Å². The smallest absolute Gasteiger partial charge is 0.244 e. The van der Waals surface area contributed by atoms with Gasteiger partial charge in [0.25, 0.3) is 0 Å². The molecule has 10 nitrogen and oxygen atoms in total. The molecular formula is C22H17N7O3. The first-order valence-electron chi connectivity index (χ1n) is 9.95. The predicted molar refractivity (Wildman–Crippen MR) is 114 cm³/mol. The number of rotatable bonds is 5. The number of benzene rings is 1. The Kier molecular flexibility index (Phi) is 4.86. The molecule has 0 unspecified atom stereocenters. The van der Waals surface area contributed by atoms with Crippen molar-refractivity contribution in [3.05, 3.63) is 60.9 Å². The summed E-state index contributed by atoms with van der Waals surface area (Å²) in [6.07, 6.45) is 3.71. The van der Waals surface area contributed by atoms with E-state index in [1.807, 2.05) is 36.4 Å². The maximum absolute atomic E-state index is 12.2. The monoisotopic (exact) mass is 427 g/mol. The number of likely N-dealkylation sites (tertiary alicyclic amines) is 1. The van der Waals surface area contributed by atoms with Crippen LogP contribution in [-0.2, 0) is 14.4 Å². The van der Waals surface area contributed by atoms with Crippen LogP contribution in [-0.4, -0.2) is 54.0 Å². The van der Waals surface area contributed by atoms with E-state index in [0.717, 1.165) is 16.0 Å². The van der Waals surface area contributed by atoms with Gasteiger partial charge in [-0.1, -0.05) is 12.1 Å². The van der Waals surface area contributed by atoms with Gasteiger partial charge in [-0.25, -0.2) is 0 Å². The minimum absolute atomic E-state index is 0.160. The standard InChI is InChI=1S/C22H17N7O3/c30-19(13-28-20(31)9-10-21(28)32)24-16-5-3-14(4-6-16)17-7-8-18-25-26-22(29(18)27-17)15-2-1-11-23-12-15/h1-8,11-12H,9-10,13H2,(H,24,30). The Bertz CT molecular complexity index is 1320. The van der Waals surface area contributed by atoms with Gasteiger partial charge in [0.2, 0.25) is 17.7 Å². The van der Waals surface area contributed by atoms with Gasteiger partial charge in [0.15, 0.2) is 11.5 Å². The van der Waals surface area contributed by atoms with Gasteiger partial charge in [0.05, 0.1) is 5.69 Å². The first kappa shape index (κ1) is 19.5. The first-order valence-corrected chi connectivity index (χ1v) is 9.95. The topological polar surface area (TPSA) is 122 Å². The zero-order chi connectivity index (χ0) is 22.1. The number of amides is 3. The highest BCUT2D eigenvalue weighted by molar-refractivity contribution is 6.06. The summed E-state index contributed by atoms with van der Waals surface area (Å²) in [5.41, 5.74) is 3.51. The molecule has 1 fully saturated rings. The van der Waals surface area contributed by atoms with Gasteiger partial charge in [-0.15, -0.1) is 10.2 Å². The number of carbonyl (C=O) groups is 3. The second-order valence-electron chi connectivity index (χ2n) is 7.25. The van der Waals surface area contributed by atoms with E-state index in [2.05, 4.69) is 25.6 Å². The van der Waals surface area contributed by atoms with Crippen molar-refractivity contribution in [1.82, 2.24) is 29.7 Å². The molecule has 10 heteroatoms. The van der Waals surface area contributed by atoms with Crippen LogP contribution in [0.5, 0.6) is 0 Å². The molecular weight excluding hydrogens is 410 g/mol. The Morgan fingerprint density at radius 1 is 0.938 bits per heavy atom. The maximum atomic E-state index is 12.2. The molecule has 0 bridgehead atoms. The average Bonchev–Trinajstić information content (AvgIpc) is 3.38. The molecule has 0 spiro atoms. The number of nitrogens with one attached hydrogen (secondary N) is 1. The van der Waals surface area contributed by atoms with Gasteiger partial charge < -0.3 is 5.32 Å². The highest BCUT2D eigenvalue weighted by Crippen LogP contribution is 2.22. The average molecular weight is 427 g/mol. The lowest BCUT2D eigenvalue weighted by Gasteiger charge is -2.13. The zero-order valence-corrected chi connectivity index (χ0v) is 16.8. The molecule has 1 aliphatic rings. The largest absolute Gasteiger partial charge is 0.325 e. The number of fused-ring (bicyclic) bond motifs is 1. The summed E-state index contributed by atoms with van der Waals surface area (Å²) in [7, 11) is 0. The highest BCUT2D eigenvalue weighted by atomic mass is 16.2. The predicted octanol–water partition coefficient (Wildman–Crippen LogP) is 1.94. The Balaban J connectivity index is 1.34. The van der Waals surface area contributed by atoms with Crippen molar-refractivity contribution in [2.75, 3.05) is 11.9 Å². The van der Waals surface area contributed by atoms with Crippen molar-refractivity contribution < 1.29 is 14.4 Å². The summed E-state index contributed by atoms with van der Waals surface area (Å²) in [6.45, 7) is -0.275. The van der Waals surface area contributed by atoms with E-state index >= 15 is 0 Å². The van der Waals surface area contributed by atoms with Crippen LogP contribution in [0.15, 0.2) is 60.9 Å². The quantitative estimate of drug-likeness (QED) is 0.483. The molecule has 0 atom stereocenters. The number of aromatic nitrogens is 5. The van der Waals surface area contributed by atoms with E-state index in [-0.39, 0.29) is 31.2 Å². The normalized spacial score (nSPS) is 13.7. The maximum Gasteiger partial charge on any atom is 0.244 e. The number of carbonyl (C=O) groups excluding carboxylic acids is 3. The van der Waals surface area contributed by atoms with E-state index in [1.54, 1.807) is 29.0 Å². The molecule has 4 heterocycles. The second kappa shape index (κ2) is 7.99. The van der Waals surface area contributed by atoms with Gasteiger partial charge in [0, 0.05) is 42.0 Å². The van der Waals surface area contributed by atoms with Crippen LogP contribution in [0.3, 0.4) is 0 Å². The summed E-state index contributed by atoms with van der Waals surface area (Å²) in [4.78, 5) is 40.6. The van der Waals surface area contributed by atoms with Crippen LogP contribution in [0.25, 0.3) is 28.3 Å². The van der Waals surface area contributed by atoms with Crippen molar-refractivity contribution in [2.24, 2.45) is 0 Å². The summed E-state index contributed by atoms with van der Waals surface area (Å²) in [5.74, 6) is -0.473. The molecule has 3 amide bonds. The fourth-order valence-electron chi connectivity index (χ4n) is 3.49. The molecule has 0 aliphatic carbocycles. The van der Waals surface area contributed by atoms with Crippen LogP contribution < -0.4 is 5.32 Å². The van der Waals surface area contributed by atoms with Gasteiger partial charge in [0.1, 0.15) is 6.54 Å². The Labute approximate surface area is 181 Å². The number of pyridine rings is 1. The molecule has 0 radical (unpaired) electrons. The Morgan fingerprint density at radius 2 is 1.72 bits per heavy atom. The van der Waals surface area contributed by atoms with E-state index in [0.29, 0.717) is 22.9 Å². The van der Waals surface area contributed by atoms with Gasteiger partial charge >= 0.3 is 0 Å². The number of anilines is 1. The third kappa shape index (κ3) is 3.69. The summed E-state index contributed by atoms with van der Waals surface area (Å²) < 4.78 is 1.66. The number of imide groups is 1. The first-order chi connectivity index (χ1) is 15.6. The SMILES string of the molecule is O=C(CN1C(=O)CCC1=O)Nc1ccc(-c2ccc3nnc(-c4cccnc4)n3n2)cc1. The molecule has 158 valence electrons. The molecule has 32 heavy (non-hydrogen) atoms. The van der Waals surface area contributed by atoms with Crippen molar-refractivity contribution in [3.63, 3.8) is 0 Å². The van der Waals surface area contributed by atoms with E-state index in [1.165, 1.54) is 0 Å². The van der Waals surface area contributed by atoms with E-state index in [9.17, 15) is 14.4 Å².